The van der Waals surface area contributed by atoms with E-state index in [1.165, 1.54) is 5.56 Å². The van der Waals surface area contributed by atoms with Crippen molar-refractivity contribution in [3.63, 3.8) is 0 Å². The van der Waals surface area contributed by atoms with Crippen LogP contribution in [-0.4, -0.2) is 54.5 Å². The Morgan fingerprint density at radius 1 is 1.14 bits per heavy atom. The number of phenols is 1. The molecule has 1 saturated heterocycles. The summed E-state index contributed by atoms with van der Waals surface area (Å²) >= 11 is 0. The fraction of sp³-hybridized carbons (Fsp3) is 0.435. The molecule has 2 aliphatic heterocycles. The van der Waals surface area contributed by atoms with Gasteiger partial charge in [-0.25, -0.2) is 0 Å². The molecule has 0 saturated carbocycles. The van der Waals surface area contributed by atoms with Crippen LogP contribution >= 0.6 is 0 Å². The van der Waals surface area contributed by atoms with Crippen LogP contribution in [0.3, 0.4) is 0 Å². The normalized spacial score (nSPS) is 21.4. The summed E-state index contributed by atoms with van der Waals surface area (Å²) < 4.78 is 0. The van der Waals surface area contributed by atoms with E-state index in [4.69, 9.17) is 0 Å². The summed E-state index contributed by atoms with van der Waals surface area (Å²) in [6.45, 7) is 2.27. The van der Waals surface area contributed by atoms with Gasteiger partial charge in [-0.1, -0.05) is 36.4 Å². The number of phenolic OH excluding ortho intramolecular Hbond substituents is 1. The number of hydrogen-bond acceptors (Lipinski definition) is 4. The number of carbonyl (C=O) groups is 1. The van der Waals surface area contributed by atoms with Crippen molar-refractivity contribution < 1.29 is 9.90 Å². The maximum Gasteiger partial charge on any atom is 0.244 e. The molecule has 2 heterocycles. The van der Waals surface area contributed by atoms with Gasteiger partial charge in [0.2, 0.25) is 5.91 Å². The molecular weight excluding hydrogens is 350 g/mol. The Bertz CT molecular complexity index is 856. The van der Waals surface area contributed by atoms with Crippen LogP contribution in [0.4, 0.5) is 0 Å². The quantitative estimate of drug-likeness (QED) is 0.861. The zero-order valence-corrected chi connectivity index (χ0v) is 16.7. The maximum atomic E-state index is 13.3. The van der Waals surface area contributed by atoms with Gasteiger partial charge in [0.25, 0.3) is 0 Å². The molecule has 5 heteroatoms. The maximum absolute atomic E-state index is 13.3. The van der Waals surface area contributed by atoms with Gasteiger partial charge in [-0.2, -0.15) is 0 Å². The van der Waals surface area contributed by atoms with Crippen molar-refractivity contribution in [1.29, 1.82) is 0 Å². The Balaban J connectivity index is 1.53. The molecule has 2 aliphatic rings. The molecule has 1 unspecified atom stereocenters. The van der Waals surface area contributed by atoms with E-state index in [9.17, 15) is 9.90 Å². The molecule has 5 nitrogen and oxygen atoms in total. The number of piperidine rings is 1. The lowest BCUT2D eigenvalue weighted by atomic mass is 9.79. The van der Waals surface area contributed by atoms with Gasteiger partial charge < -0.3 is 15.3 Å². The second kappa shape index (κ2) is 7.57. The monoisotopic (exact) mass is 379 g/mol. The number of benzene rings is 2. The molecule has 2 aromatic carbocycles. The molecule has 4 rings (SSSR count). The van der Waals surface area contributed by atoms with E-state index >= 15 is 0 Å². The van der Waals surface area contributed by atoms with Gasteiger partial charge in [0.1, 0.15) is 11.8 Å². The molecule has 0 radical (unpaired) electrons. The second-order valence-electron chi connectivity index (χ2n) is 8.14. The van der Waals surface area contributed by atoms with Crippen molar-refractivity contribution in [2.24, 2.45) is 0 Å². The number of nitrogens with one attached hydrogen (secondary N) is 1. The van der Waals surface area contributed by atoms with E-state index in [-0.39, 0.29) is 17.5 Å². The summed E-state index contributed by atoms with van der Waals surface area (Å²) in [6, 6.07) is 15.6. The third kappa shape index (κ3) is 3.29. The van der Waals surface area contributed by atoms with Crippen molar-refractivity contribution in [3.8, 4) is 5.75 Å². The number of hydrogen-bond donors (Lipinski definition) is 2. The van der Waals surface area contributed by atoms with Crippen molar-refractivity contribution in [2.75, 3.05) is 33.7 Å². The molecule has 0 aromatic heterocycles. The molecule has 1 atom stereocenters. The van der Waals surface area contributed by atoms with Crippen molar-refractivity contribution in [2.45, 2.75) is 30.8 Å². The molecule has 0 bridgehead atoms. The molecule has 2 N–H and O–H groups in total. The summed E-state index contributed by atoms with van der Waals surface area (Å²) in [7, 11) is 4.17. The number of likely N-dealkylation sites (tertiary alicyclic amines) is 1. The molecule has 1 amide bonds. The smallest absolute Gasteiger partial charge is 0.244 e. The van der Waals surface area contributed by atoms with Crippen LogP contribution in [0.15, 0.2) is 48.5 Å². The van der Waals surface area contributed by atoms with E-state index in [1.54, 1.807) is 6.07 Å². The van der Waals surface area contributed by atoms with E-state index in [1.807, 2.05) is 29.2 Å². The predicted octanol–water partition coefficient (Wildman–Crippen LogP) is 2.66. The largest absolute Gasteiger partial charge is 0.508 e. The minimum Gasteiger partial charge on any atom is -0.508 e. The lowest BCUT2D eigenvalue weighted by Crippen LogP contribution is -2.54. The van der Waals surface area contributed by atoms with Crippen molar-refractivity contribution in [1.82, 2.24) is 15.1 Å². The minimum absolute atomic E-state index is 0.159. The summed E-state index contributed by atoms with van der Waals surface area (Å²) in [5.41, 5.74) is 3.36. The van der Waals surface area contributed by atoms with E-state index in [2.05, 4.69) is 42.5 Å². The third-order valence-corrected chi connectivity index (χ3v) is 6.50. The van der Waals surface area contributed by atoms with Crippen LogP contribution in [0.1, 0.15) is 35.6 Å². The summed E-state index contributed by atoms with van der Waals surface area (Å²) in [5, 5.41) is 13.4. The highest BCUT2D eigenvalue weighted by atomic mass is 16.3. The number of fused-ring (bicyclic) bond motifs is 1. The molecule has 1 fully saturated rings. The average Bonchev–Trinajstić information content (AvgIpc) is 2.72. The number of aromatic hydroxyl groups is 1. The molecule has 28 heavy (non-hydrogen) atoms. The summed E-state index contributed by atoms with van der Waals surface area (Å²) in [5.74, 6) is 0.468. The number of rotatable bonds is 3. The Kier molecular flexibility index (Phi) is 5.13. The number of nitrogens with zero attached hydrogens (tertiary/aromatic N) is 2. The third-order valence-electron chi connectivity index (χ3n) is 6.50. The summed E-state index contributed by atoms with van der Waals surface area (Å²) in [6.07, 6.45) is 2.67. The highest BCUT2D eigenvalue weighted by Gasteiger charge is 2.41. The molecular formula is C23H29N3O2. The average molecular weight is 380 g/mol. The first-order chi connectivity index (χ1) is 13.5. The van der Waals surface area contributed by atoms with Gasteiger partial charge in [0.05, 0.1) is 0 Å². The Labute approximate surface area is 167 Å². The first-order valence-electron chi connectivity index (χ1n) is 10.1. The Hall–Kier alpha value is -2.37. The van der Waals surface area contributed by atoms with Crippen LogP contribution in [0.2, 0.25) is 0 Å². The standard InChI is InChI=1S/C23H29N3O2/c1-25(2)23(18-7-5-8-19(27)16-18)11-14-26(15-12-23)22(28)21-20-9-4-3-6-17(20)10-13-24-21/h3-9,16,21,24,27H,10-15H2,1-2H3. The fourth-order valence-electron chi connectivity index (χ4n) is 4.79. The first-order valence-corrected chi connectivity index (χ1v) is 10.1. The Morgan fingerprint density at radius 2 is 1.89 bits per heavy atom. The number of carbonyl (C=O) groups excluding carboxylic acids is 1. The van der Waals surface area contributed by atoms with Gasteiger partial charge in [-0.05, 0) is 62.2 Å². The van der Waals surface area contributed by atoms with Gasteiger partial charge in [-0.15, -0.1) is 0 Å². The van der Waals surface area contributed by atoms with Crippen LogP contribution < -0.4 is 5.32 Å². The first kappa shape index (κ1) is 19.0. The lowest BCUT2D eigenvalue weighted by Gasteiger charge is -2.47. The zero-order valence-electron chi connectivity index (χ0n) is 16.7. The van der Waals surface area contributed by atoms with Crippen molar-refractivity contribution in [3.05, 3.63) is 65.2 Å². The van der Waals surface area contributed by atoms with Gasteiger partial charge in [0.15, 0.2) is 0 Å². The van der Waals surface area contributed by atoms with Crippen LogP contribution in [0, 0.1) is 0 Å². The molecule has 0 aliphatic carbocycles. The number of amides is 1. The zero-order chi connectivity index (χ0) is 19.7. The Morgan fingerprint density at radius 3 is 2.61 bits per heavy atom. The SMILES string of the molecule is CN(C)C1(c2cccc(O)c2)CCN(C(=O)C2NCCc3ccccc32)CC1. The second-order valence-corrected chi connectivity index (χ2v) is 8.14. The molecule has 2 aromatic rings. The van der Waals surface area contributed by atoms with Gasteiger partial charge >= 0.3 is 0 Å². The highest BCUT2D eigenvalue weighted by molar-refractivity contribution is 5.84. The van der Waals surface area contributed by atoms with Gasteiger partial charge in [-0.3, -0.25) is 9.69 Å². The lowest BCUT2D eigenvalue weighted by molar-refractivity contribution is -0.136. The predicted molar refractivity (Wildman–Crippen MR) is 110 cm³/mol. The highest BCUT2D eigenvalue weighted by Crippen LogP contribution is 2.39. The topological polar surface area (TPSA) is 55.8 Å². The summed E-state index contributed by atoms with van der Waals surface area (Å²) in [4.78, 5) is 17.5. The van der Waals surface area contributed by atoms with Crippen LogP contribution in [-0.2, 0) is 16.8 Å². The minimum atomic E-state index is -0.238. The molecule has 148 valence electrons. The van der Waals surface area contributed by atoms with Crippen molar-refractivity contribution >= 4 is 5.91 Å². The van der Waals surface area contributed by atoms with Crippen LogP contribution in [0.25, 0.3) is 0 Å². The van der Waals surface area contributed by atoms with E-state index in [0.29, 0.717) is 18.8 Å². The van der Waals surface area contributed by atoms with E-state index < -0.39 is 0 Å². The van der Waals surface area contributed by atoms with Crippen LogP contribution in [0.5, 0.6) is 5.75 Å². The fourth-order valence-corrected chi connectivity index (χ4v) is 4.79. The molecule has 0 spiro atoms. The van der Waals surface area contributed by atoms with E-state index in [0.717, 1.165) is 36.9 Å². The van der Waals surface area contributed by atoms with Gasteiger partial charge in [0, 0.05) is 25.2 Å².